The van der Waals surface area contributed by atoms with Crippen molar-refractivity contribution in [3.05, 3.63) is 64.7 Å². The third-order valence-electron chi connectivity index (χ3n) is 3.39. The zero-order valence-corrected chi connectivity index (χ0v) is 14.2. The van der Waals surface area contributed by atoms with E-state index in [0.717, 1.165) is 5.56 Å². The van der Waals surface area contributed by atoms with Crippen molar-refractivity contribution >= 4 is 23.5 Å². The van der Waals surface area contributed by atoms with Crippen molar-refractivity contribution in [1.29, 1.82) is 0 Å². The van der Waals surface area contributed by atoms with Crippen LogP contribution in [0.3, 0.4) is 0 Å². The van der Waals surface area contributed by atoms with E-state index in [1.165, 1.54) is 7.11 Å². The van der Waals surface area contributed by atoms with Gasteiger partial charge in [0.15, 0.2) is 6.61 Å². The number of carbonyl (C=O) groups is 2. The quantitative estimate of drug-likeness (QED) is 0.813. The largest absolute Gasteiger partial charge is 0.496 e. The van der Waals surface area contributed by atoms with Gasteiger partial charge in [0, 0.05) is 5.02 Å². The summed E-state index contributed by atoms with van der Waals surface area (Å²) in [5, 5.41) is 3.35. The molecule has 0 heterocycles. The highest BCUT2D eigenvalue weighted by Crippen LogP contribution is 2.19. The number of benzene rings is 2. The Morgan fingerprint density at radius 3 is 2.62 bits per heavy atom. The molecule has 126 valence electrons. The summed E-state index contributed by atoms with van der Waals surface area (Å²) in [6.45, 7) is 1.45. The number of ether oxygens (including phenoxy) is 2. The van der Waals surface area contributed by atoms with Crippen molar-refractivity contribution in [1.82, 2.24) is 5.32 Å². The molecule has 0 aliphatic heterocycles. The summed E-state index contributed by atoms with van der Waals surface area (Å²) < 4.78 is 10.1. The molecule has 6 heteroatoms. The van der Waals surface area contributed by atoms with E-state index in [9.17, 15) is 9.59 Å². The summed E-state index contributed by atoms with van der Waals surface area (Å²) in [5.74, 6) is -0.612. The molecular formula is C18H18ClNO4. The number of hydrogen-bond acceptors (Lipinski definition) is 4. The van der Waals surface area contributed by atoms with E-state index in [1.54, 1.807) is 36.4 Å². The Kier molecular flexibility index (Phi) is 6.21. The third kappa shape index (κ3) is 4.73. The van der Waals surface area contributed by atoms with Crippen LogP contribution >= 0.6 is 11.6 Å². The average molecular weight is 348 g/mol. The minimum atomic E-state index is -0.613. The Hall–Kier alpha value is -2.53. The SMILES string of the molecule is COc1ccccc1C(=O)OCC(=O)N[C@@H](C)c1cccc(Cl)c1. The van der Waals surface area contributed by atoms with Crippen LogP contribution in [-0.4, -0.2) is 25.6 Å². The zero-order valence-electron chi connectivity index (χ0n) is 13.4. The van der Waals surface area contributed by atoms with Crippen molar-refractivity contribution in [3.8, 4) is 5.75 Å². The van der Waals surface area contributed by atoms with E-state index in [2.05, 4.69) is 5.32 Å². The van der Waals surface area contributed by atoms with Gasteiger partial charge in [-0.15, -0.1) is 0 Å². The summed E-state index contributed by atoms with van der Waals surface area (Å²) >= 11 is 5.93. The van der Waals surface area contributed by atoms with Crippen molar-refractivity contribution in [2.75, 3.05) is 13.7 Å². The first kappa shape index (κ1) is 17.8. The topological polar surface area (TPSA) is 64.6 Å². The number of rotatable bonds is 6. The van der Waals surface area contributed by atoms with Crippen LogP contribution in [0.5, 0.6) is 5.75 Å². The molecule has 0 aromatic heterocycles. The van der Waals surface area contributed by atoms with Gasteiger partial charge in [0.25, 0.3) is 5.91 Å². The molecule has 1 amide bonds. The first-order valence-electron chi connectivity index (χ1n) is 7.36. The molecule has 1 N–H and O–H groups in total. The summed E-state index contributed by atoms with van der Waals surface area (Å²) in [4.78, 5) is 24.0. The average Bonchev–Trinajstić information content (AvgIpc) is 2.59. The monoisotopic (exact) mass is 347 g/mol. The number of halogens is 1. The van der Waals surface area contributed by atoms with Crippen LogP contribution in [0.4, 0.5) is 0 Å². The van der Waals surface area contributed by atoms with Crippen LogP contribution in [0.25, 0.3) is 0 Å². The second-order valence-corrected chi connectivity index (χ2v) is 5.56. The first-order chi connectivity index (χ1) is 11.5. The lowest BCUT2D eigenvalue weighted by molar-refractivity contribution is -0.124. The van der Waals surface area contributed by atoms with E-state index >= 15 is 0 Å². The van der Waals surface area contributed by atoms with E-state index in [0.29, 0.717) is 10.8 Å². The smallest absolute Gasteiger partial charge is 0.342 e. The number of carbonyl (C=O) groups excluding carboxylic acids is 2. The van der Waals surface area contributed by atoms with E-state index < -0.39 is 11.9 Å². The Balaban J connectivity index is 1.90. The van der Waals surface area contributed by atoms with Gasteiger partial charge in [0.2, 0.25) is 0 Å². The molecular weight excluding hydrogens is 330 g/mol. The molecule has 0 unspecified atom stereocenters. The Bertz CT molecular complexity index is 732. The normalized spacial score (nSPS) is 11.5. The molecule has 1 atom stereocenters. The number of methoxy groups -OCH3 is 1. The molecule has 5 nitrogen and oxygen atoms in total. The van der Waals surface area contributed by atoms with Crippen LogP contribution < -0.4 is 10.1 Å². The number of amides is 1. The zero-order chi connectivity index (χ0) is 17.5. The molecule has 2 aromatic rings. The van der Waals surface area contributed by atoms with Gasteiger partial charge in [0.1, 0.15) is 11.3 Å². The van der Waals surface area contributed by atoms with E-state index in [4.69, 9.17) is 21.1 Å². The van der Waals surface area contributed by atoms with Crippen molar-refractivity contribution in [3.63, 3.8) is 0 Å². The molecule has 0 aliphatic rings. The predicted molar refractivity (Wildman–Crippen MR) is 91.3 cm³/mol. The minimum Gasteiger partial charge on any atom is -0.496 e. The number of esters is 1. The van der Waals surface area contributed by atoms with Crippen molar-refractivity contribution in [2.24, 2.45) is 0 Å². The van der Waals surface area contributed by atoms with Gasteiger partial charge in [-0.2, -0.15) is 0 Å². The van der Waals surface area contributed by atoms with E-state index in [-0.39, 0.29) is 18.2 Å². The van der Waals surface area contributed by atoms with Crippen LogP contribution in [0.1, 0.15) is 28.9 Å². The van der Waals surface area contributed by atoms with Crippen LogP contribution in [0.15, 0.2) is 48.5 Å². The van der Waals surface area contributed by atoms with Gasteiger partial charge in [-0.1, -0.05) is 35.9 Å². The molecule has 0 radical (unpaired) electrons. The highest BCUT2D eigenvalue weighted by atomic mass is 35.5. The van der Waals surface area contributed by atoms with Gasteiger partial charge in [-0.25, -0.2) is 4.79 Å². The maximum atomic E-state index is 12.0. The summed E-state index contributed by atoms with van der Waals surface area (Å²) in [6, 6.07) is 13.6. The van der Waals surface area contributed by atoms with Gasteiger partial charge < -0.3 is 14.8 Å². The maximum Gasteiger partial charge on any atom is 0.342 e. The second-order valence-electron chi connectivity index (χ2n) is 5.12. The van der Waals surface area contributed by atoms with Gasteiger partial charge >= 0.3 is 5.97 Å². The van der Waals surface area contributed by atoms with Crippen LogP contribution in [0.2, 0.25) is 5.02 Å². The highest BCUT2D eigenvalue weighted by molar-refractivity contribution is 6.30. The number of hydrogen-bond donors (Lipinski definition) is 1. The van der Waals surface area contributed by atoms with Crippen molar-refractivity contribution < 1.29 is 19.1 Å². The van der Waals surface area contributed by atoms with Crippen LogP contribution in [-0.2, 0) is 9.53 Å². The molecule has 24 heavy (non-hydrogen) atoms. The second kappa shape index (κ2) is 8.36. The summed E-state index contributed by atoms with van der Waals surface area (Å²) in [7, 11) is 1.46. The van der Waals surface area contributed by atoms with Crippen molar-refractivity contribution in [2.45, 2.75) is 13.0 Å². The lowest BCUT2D eigenvalue weighted by atomic mass is 10.1. The Labute approximate surface area is 145 Å². The fourth-order valence-electron chi connectivity index (χ4n) is 2.16. The first-order valence-corrected chi connectivity index (χ1v) is 7.74. The number of nitrogens with one attached hydrogen (secondary N) is 1. The minimum absolute atomic E-state index is 0.249. The molecule has 2 rings (SSSR count). The molecule has 0 spiro atoms. The Morgan fingerprint density at radius 1 is 1.17 bits per heavy atom. The molecule has 0 saturated heterocycles. The summed E-state index contributed by atoms with van der Waals surface area (Å²) in [5.41, 5.74) is 1.14. The fourth-order valence-corrected chi connectivity index (χ4v) is 2.36. The molecule has 0 saturated carbocycles. The fraction of sp³-hybridized carbons (Fsp3) is 0.222. The Morgan fingerprint density at radius 2 is 1.92 bits per heavy atom. The lowest BCUT2D eigenvalue weighted by Crippen LogP contribution is -2.31. The van der Waals surface area contributed by atoms with Gasteiger partial charge in [-0.05, 0) is 36.8 Å². The molecule has 0 bridgehead atoms. The van der Waals surface area contributed by atoms with Gasteiger partial charge in [0.05, 0.1) is 13.2 Å². The molecule has 0 fully saturated rings. The standard InChI is InChI=1S/C18H18ClNO4/c1-12(13-6-5-7-14(19)10-13)20-17(21)11-24-18(22)15-8-3-4-9-16(15)23-2/h3-10,12H,11H2,1-2H3,(H,20,21)/t12-/m0/s1. The molecule has 2 aromatic carbocycles. The van der Waals surface area contributed by atoms with Crippen LogP contribution in [0, 0.1) is 0 Å². The molecule has 0 aliphatic carbocycles. The van der Waals surface area contributed by atoms with Gasteiger partial charge in [-0.3, -0.25) is 4.79 Å². The summed E-state index contributed by atoms with van der Waals surface area (Å²) in [6.07, 6.45) is 0. The predicted octanol–water partition coefficient (Wildman–Crippen LogP) is 3.38. The number of para-hydroxylation sites is 1. The lowest BCUT2D eigenvalue weighted by Gasteiger charge is -2.15. The maximum absolute atomic E-state index is 12.0. The van der Waals surface area contributed by atoms with E-state index in [1.807, 2.05) is 19.1 Å². The third-order valence-corrected chi connectivity index (χ3v) is 3.62. The highest BCUT2D eigenvalue weighted by Gasteiger charge is 2.16.